The molecule has 0 saturated carbocycles. The highest BCUT2D eigenvalue weighted by Crippen LogP contribution is 2.27. The van der Waals surface area contributed by atoms with Crippen molar-refractivity contribution in [2.24, 2.45) is 10.9 Å². The lowest BCUT2D eigenvalue weighted by Crippen LogP contribution is -2.49. The second-order valence-corrected chi connectivity index (χ2v) is 6.30. The molecule has 0 bridgehead atoms. The van der Waals surface area contributed by atoms with Gasteiger partial charge in [-0.1, -0.05) is 6.92 Å². The monoisotopic (exact) mass is 478 g/mol. The topological polar surface area (TPSA) is 83.8 Å². The van der Waals surface area contributed by atoms with E-state index < -0.39 is 0 Å². The summed E-state index contributed by atoms with van der Waals surface area (Å²) < 4.78 is 7.09. The van der Waals surface area contributed by atoms with Gasteiger partial charge in [0, 0.05) is 45.7 Å². The Kier molecular flexibility index (Phi) is 10.6. The summed E-state index contributed by atoms with van der Waals surface area (Å²) >= 11 is 0. The number of hydrogen-bond donors (Lipinski definition) is 2. The highest BCUT2D eigenvalue weighted by molar-refractivity contribution is 14.0. The number of aliphatic imine (C=N–C) groups is 1. The molecule has 1 aliphatic rings. The molecular weight excluding hydrogens is 447 g/mol. The van der Waals surface area contributed by atoms with Gasteiger partial charge in [0.25, 0.3) is 0 Å². The van der Waals surface area contributed by atoms with Gasteiger partial charge >= 0.3 is 0 Å². The van der Waals surface area contributed by atoms with Crippen molar-refractivity contribution in [3.63, 3.8) is 0 Å². The number of nitrogens with one attached hydrogen (secondary N) is 2. The van der Waals surface area contributed by atoms with Crippen molar-refractivity contribution in [3.05, 3.63) is 18.7 Å². The molecule has 148 valence electrons. The number of likely N-dealkylation sites (tertiary alicyclic amines) is 1. The van der Waals surface area contributed by atoms with Crippen LogP contribution in [0.15, 0.2) is 23.7 Å². The Morgan fingerprint density at radius 3 is 2.88 bits per heavy atom. The third-order valence-corrected chi connectivity index (χ3v) is 4.46. The van der Waals surface area contributed by atoms with Crippen molar-refractivity contribution < 1.29 is 9.53 Å². The fraction of sp³-hybridized carbons (Fsp3) is 0.706. The smallest absolute Gasteiger partial charge is 0.241 e. The second-order valence-electron chi connectivity index (χ2n) is 6.30. The molecule has 2 unspecified atom stereocenters. The van der Waals surface area contributed by atoms with Crippen molar-refractivity contribution in [2.45, 2.75) is 26.3 Å². The van der Waals surface area contributed by atoms with Crippen LogP contribution >= 0.6 is 24.0 Å². The highest BCUT2D eigenvalue weighted by atomic mass is 127. The summed E-state index contributed by atoms with van der Waals surface area (Å²) in [5, 5.41) is 6.09. The van der Waals surface area contributed by atoms with E-state index >= 15 is 0 Å². The van der Waals surface area contributed by atoms with E-state index in [0.717, 1.165) is 32.0 Å². The maximum atomic E-state index is 11.9. The van der Waals surface area contributed by atoms with Crippen LogP contribution in [0.3, 0.4) is 0 Å². The normalized spacial score (nSPS) is 20.4. The van der Waals surface area contributed by atoms with Crippen LogP contribution in [0.25, 0.3) is 0 Å². The lowest BCUT2D eigenvalue weighted by molar-refractivity contribution is -0.119. The van der Waals surface area contributed by atoms with Crippen molar-refractivity contribution in [3.8, 4) is 0 Å². The van der Waals surface area contributed by atoms with Gasteiger partial charge in [0.2, 0.25) is 5.91 Å². The fourth-order valence-electron chi connectivity index (χ4n) is 3.02. The van der Waals surface area contributed by atoms with Crippen LogP contribution in [0.1, 0.15) is 26.3 Å². The highest BCUT2D eigenvalue weighted by Gasteiger charge is 2.28. The molecule has 0 aliphatic carbocycles. The quantitative estimate of drug-likeness (QED) is 0.266. The van der Waals surface area contributed by atoms with E-state index in [1.807, 2.05) is 25.6 Å². The second kappa shape index (κ2) is 12.1. The van der Waals surface area contributed by atoms with Crippen molar-refractivity contribution in [1.82, 2.24) is 25.1 Å². The van der Waals surface area contributed by atoms with E-state index in [9.17, 15) is 4.79 Å². The van der Waals surface area contributed by atoms with Crippen molar-refractivity contribution in [2.75, 3.05) is 46.4 Å². The Bertz CT molecular complexity index is 551. The summed E-state index contributed by atoms with van der Waals surface area (Å²) in [6, 6.07) is 0.357. The van der Waals surface area contributed by atoms with Gasteiger partial charge in [-0.3, -0.25) is 4.79 Å². The summed E-state index contributed by atoms with van der Waals surface area (Å²) in [7, 11) is 1.61. The number of hydrogen-bond acceptors (Lipinski definition) is 4. The minimum Gasteiger partial charge on any atom is -0.383 e. The molecule has 1 amide bonds. The SMILES string of the molecule is CCNC(=NCC(=O)NCCOC)N1CCC(C)C(n2ccnc2)C1.I. The first-order valence-corrected chi connectivity index (χ1v) is 8.92. The first kappa shape index (κ1) is 22.7. The van der Waals surface area contributed by atoms with Gasteiger partial charge in [0.05, 0.1) is 19.0 Å². The standard InChI is InChI=1S/C17H30N6O2.HI/c1-4-19-17(21-11-16(24)20-7-10-25-3)22-8-5-14(2)15(12-22)23-9-6-18-13-23;/h6,9,13-15H,4-5,7-8,10-12H2,1-3H3,(H,19,21)(H,20,24);1H. The van der Waals surface area contributed by atoms with Crippen LogP contribution in [-0.2, 0) is 9.53 Å². The molecule has 9 heteroatoms. The number of methoxy groups -OCH3 is 1. The van der Waals surface area contributed by atoms with E-state index in [2.05, 4.69) is 37.0 Å². The number of carbonyl (C=O) groups excluding carboxylic acids is 1. The number of guanidine groups is 1. The number of aromatic nitrogens is 2. The molecule has 0 spiro atoms. The van der Waals surface area contributed by atoms with Crippen LogP contribution in [0.5, 0.6) is 0 Å². The number of nitrogens with zero attached hydrogens (tertiary/aromatic N) is 4. The Balaban J connectivity index is 0.00000338. The summed E-state index contributed by atoms with van der Waals surface area (Å²) in [4.78, 5) is 22.8. The Hall–Kier alpha value is -1.36. The molecule has 1 fully saturated rings. The van der Waals surface area contributed by atoms with Crippen molar-refractivity contribution >= 4 is 35.8 Å². The minimum absolute atomic E-state index is 0. The van der Waals surface area contributed by atoms with Gasteiger partial charge < -0.3 is 24.8 Å². The number of halogens is 1. The van der Waals surface area contributed by atoms with E-state index in [4.69, 9.17) is 4.74 Å². The molecule has 8 nitrogen and oxygen atoms in total. The van der Waals surface area contributed by atoms with Crippen LogP contribution in [0.2, 0.25) is 0 Å². The predicted molar refractivity (Wildman–Crippen MR) is 113 cm³/mol. The number of piperidine rings is 1. The molecule has 2 heterocycles. The molecule has 2 atom stereocenters. The zero-order valence-corrected chi connectivity index (χ0v) is 18.2. The zero-order valence-electron chi connectivity index (χ0n) is 15.9. The predicted octanol–water partition coefficient (Wildman–Crippen LogP) is 1.11. The Labute approximate surface area is 172 Å². The lowest BCUT2D eigenvalue weighted by Gasteiger charge is -2.39. The minimum atomic E-state index is -0.0935. The number of imidazole rings is 1. The first-order valence-electron chi connectivity index (χ1n) is 8.92. The van der Waals surface area contributed by atoms with Crippen molar-refractivity contribution in [1.29, 1.82) is 0 Å². The summed E-state index contributed by atoms with van der Waals surface area (Å²) in [6.45, 7) is 8.00. The number of carbonyl (C=O) groups is 1. The molecule has 0 radical (unpaired) electrons. The first-order chi connectivity index (χ1) is 12.2. The lowest BCUT2D eigenvalue weighted by atomic mass is 9.93. The van der Waals surface area contributed by atoms with Crippen LogP contribution in [-0.4, -0.2) is 72.8 Å². The number of rotatable bonds is 7. The van der Waals surface area contributed by atoms with Gasteiger partial charge in [-0.25, -0.2) is 9.98 Å². The molecule has 26 heavy (non-hydrogen) atoms. The number of amides is 1. The molecular formula is C17H31IN6O2. The Morgan fingerprint density at radius 1 is 1.42 bits per heavy atom. The molecule has 1 aromatic heterocycles. The average Bonchev–Trinajstić information content (AvgIpc) is 3.14. The molecule has 1 saturated heterocycles. The van der Waals surface area contributed by atoms with E-state index in [1.54, 1.807) is 7.11 Å². The van der Waals surface area contributed by atoms with E-state index in [-0.39, 0.29) is 36.4 Å². The average molecular weight is 478 g/mol. The van der Waals surface area contributed by atoms with Gasteiger partial charge in [-0.05, 0) is 19.3 Å². The molecule has 2 rings (SSSR count). The van der Waals surface area contributed by atoms with Gasteiger partial charge in [-0.2, -0.15) is 0 Å². The van der Waals surface area contributed by atoms with Crippen LogP contribution in [0.4, 0.5) is 0 Å². The molecule has 1 aromatic rings. The van der Waals surface area contributed by atoms with Gasteiger partial charge in [0.15, 0.2) is 5.96 Å². The molecule has 0 aromatic carbocycles. The summed E-state index contributed by atoms with van der Waals surface area (Å²) in [6.07, 6.45) is 6.78. The molecule has 2 N–H and O–H groups in total. The zero-order chi connectivity index (χ0) is 18.1. The maximum Gasteiger partial charge on any atom is 0.241 e. The maximum absolute atomic E-state index is 11.9. The summed E-state index contributed by atoms with van der Waals surface area (Å²) in [5.74, 6) is 1.27. The van der Waals surface area contributed by atoms with Crippen LogP contribution < -0.4 is 10.6 Å². The largest absolute Gasteiger partial charge is 0.383 e. The van der Waals surface area contributed by atoms with E-state index in [0.29, 0.717) is 25.1 Å². The van der Waals surface area contributed by atoms with Gasteiger partial charge in [0.1, 0.15) is 6.54 Å². The number of ether oxygens (including phenoxy) is 1. The van der Waals surface area contributed by atoms with Gasteiger partial charge in [-0.15, -0.1) is 24.0 Å². The van der Waals surface area contributed by atoms with Crippen LogP contribution in [0, 0.1) is 5.92 Å². The Morgan fingerprint density at radius 2 is 2.23 bits per heavy atom. The van der Waals surface area contributed by atoms with E-state index in [1.165, 1.54) is 0 Å². The third-order valence-electron chi connectivity index (χ3n) is 4.46. The fourth-order valence-corrected chi connectivity index (χ4v) is 3.02. The summed E-state index contributed by atoms with van der Waals surface area (Å²) in [5.41, 5.74) is 0. The molecule has 1 aliphatic heterocycles. The third kappa shape index (κ3) is 6.75.